The van der Waals surface area contributed by atoms with E-state index in [2.05, 4.69) is 21.4 Å². The SMILES string of the molecule is CC(C)N(C(=O)c1cc(F)ccc1-n1cc(C2CN(CC[C@H]3CC[C@H](NC(=O)O)CC3)C2)c2ccncc21)C(C)C. The molecule has 0 radical (unpaired) electrons. The molecule has 5 rings (SSSR count). The fraction of sp³-hybridized carbons (Fsp3) is 0.531. The van der Waals surface area contributed by atoms with Crippen molar-refractivity contribution < 1.29 is 19.1 Å². The quantitative estimate of drug-likeness (QED) is 0.331. The van der Waals surface area contributed by atoms with Gasteiger partial charge in [-0.2, -0.15) is 0 Å². The molecule has 2 fully saturated rings. The molecule has 1 saturated heterocycles. The molecule has 220 valence electrons. The van der Waals surface area contributed by atoms with Crippen molar-refractivity contribution in [3.63, 3.8) is 0 Å². The van der Waals surface area contributed by atoms with Gasteiger partial charge in [0.05, 0.1) is 23.0 Å². The number of likely N-dealkylation sites (tertiary alicyclic amines) is 1. The molecule has 0 spiro atoms. The predicted octanol–water partition coefficient (Wildman–Crippen LogP) is 6.04. The van der Waals surface area contributed by atoms with Crippen LogP contribution in [0.3, 0.4) is 0 Å². The molecule has 1 aromatic carbocycles. The monoisotopic (exact) mass is 563 g/mol. The van der Waals surface area contributed by atoms with Gasteiger partial charge in [-0.3, -0.25) is 9.78 Å². The molecule has 1 aliphatic heterocycles. The lowest BCUT2D eigenvalue weighted by Gasteiger charge is -2.40. The smallest absolute Gasteiger partial charge is 0.404 e. The van der Waals surface area contributed by atoms with Crippen molar-refractivity contribution in [3.05, 3.63) is 59.8 Å². The van der Waals surface area contributed by atoms with Crippen molar-refractivity contribution in [2.45, 2.75) is 83.8 Å². The van der Waals surface area contributed by atoms with Crippen LogP contribution in [0.25, 0.3) is 16.6 Å². The molecular formula is C32H42FN5O3. The van der Waals surface area contributed by atoms with Gasteiger partial charge in [0, 0.05) is 54.9 Å². The van der Waals surface area contributed by atoms with Crippen molar-refractivity contribution in [1.82, 2.24) is 24.7 Å². The molecule has 2 amide bonds. The Kier molecular flexibility index (Phi) is 8.63. The van der Waals surface area contributed by atoms with Crippen LogP contribution in [0.4, 0.5) is 9.18 Å². The first kappa shape index (κ1) is 29.0. The van der Waals surface area contributed by atoms with E-state index in [4.69, 9.17) is 5.11 Å². The molecule has 1 saturated carbocycles. The summed E-state index contributed by atoms with van der Waals surface area (Å²) in [5.41, 5.74) is 3.15. The van der Waals surface area contributed by atoms with E-state index in [0.717, 1.165) is 62.6 Å². The van der Waals surface area contributed by atoms with Gasteiger partial charge in [-0.05, 0) is 102 Å². The van der Waals surface area contributed by atoms with Gasteiger partial charge in [0.1, 0.15) is 5.82 Å². The molecule has 2 aliphatic rings. The lowest BCUT2D eigenvalue weighted by molar-refractivity contribution is 0.0643. The van der Waals surface area contributed by atoms with Crippen molar-refractivity contribution in [3.8, 4) is 5.69 Å². The van der Waals surface area contributed by atoms with E-state index in [0.29, 0.717) is 23.1 Å². The number of hydrogen-bond acceptors (Lipinski definition) is 4. The van der Waals surface area contributed by atoms with Gasteiger partial charge in [0.25, 0.3) is 5.91 Å². The summed E-state index contributed by atoms with van der Waals surface area (Å²) in [6, 6.07) is 6.56. The number of carbonyl (C=O) groups excluding carboxylic acids is 1. The fourth-order valence-corrected chi connectivity index (χ4v) is 6.80. The highest BCUT2D eigenvalue weighted by Gasteiger charge is 2.32. The molecule has 1 aliphatic carbocycles. The summed E-state index contributed by atoms with van der Waals surface area (Å²) in [4.78, 5) is 33.3. The second-order valence-electron chi connectivity index (χ2n) is 12.3. The normalized spacial score (nSPS) is 20.0. The number of aromatic nitrogens is 2. The number of rotatable bonds is 9. The average Bonchev–Trinajstić information content (AvgIpc) is 3.27. The third-order valence-corrected chi connectivity index (χ3v) is 8.86. The summed E-state index contributed by atoms with van der Waals surface area (Å²) in [7, 11) is 0. The largest absolute Gasteiger partial charge is 0.465 e. The van der Waals surface area contributed by atoms with Gasteiger partial charge in [0.15, 0.2) is 0 Å². The second kappa shape index (κ2) is 12.2. The fourth-order valence-electron chi connectivity index (χ4n) is 6.80. The molecule has 0 unspecified atom stereocenters. The minimum atomic E-state index is -0.924. The van der Waals surface area contributed by atoms with E-state index in [-0.39, 0.29) is 24.0 Å². The van der Waals surface area contributed by atoms with Crippen LogP contribution in [0.2, 0.25) is 0 Å². The molecule has 0 atom stereocenters. The van der Waals surface area contributed by atoms with Crippen molar-refractivity contribution >= 4 is 22.9 Å². The van der Waals surface area contributed by atoms with Crippen LogP contribution in [0, 0.1) is 11.7 Å². The van der Waals surface area contributed by atoms with Crippen LogP contribution >= 0.6 is 0 Å². The Balaban J connectivity index is 1.31. The lowest BCUT2D eigenvalue weighted by atomic mass is 9.83. The number of benzene rings is 1. The maximum atomic E-state index is 14.5. The van der Waals surface area contributed by atoms with E-state index >= 15 is 0 Å². The molecule has 2 N–H and O–H groups in total. The number of halogens is 1. The van der Waals surface area contributed by atoms with E-state index in [1.165, 1.54) is 17.7 Å². The third-order valence-electron chi connectivity index (χ3n) is 8.86. The number of pyridine rings is 1. The first-order valence-corrected chi connectivity index (χ1v) is 14.9. The van der Waals surface area contributed by atoms with Crippen LogP contribution < -0.4 is 5.32 Å². The Morgan fingerprint density at radius 1 is 1.10 bits per heavy atom. The summed E-state index contributed by atoms with van der Waals surface area (Å²) in [6.45, 7) is 10.9. The zero-order chi connectivity index (χ0) is 29.3. The number of fused-ring (bicyclic) bond motifs is 1. The minimum Gasteiger partial charge on any atom is -0.465 e. The van der Waals surface area contributed by atoms with Crippen molar-refractivity contribution in [2.24, 2.45) is 5.92 Å². The van der Waals surface area contributed by atoms with Gasteiger partial charge < -0.3 is 24.8 Å². The third kappa shape index (κ3) is 6.25. The van der Waals surface area contributed by atoms with Crippen LogP contribution in [0.5, 0.6) is 0 Å². The predicted molar refractivity (Wildman–Crippen MR) is 158 cm³/mol. The summed E-state index contributed by atoms with van der Waals surface area (Å²) < 4.78 is 16.5. The highest BCUT2D eigenvalue weighted by molar-refractivity contribution is 5.99. The van der Waals surface area contributed by atoms with Crippen molar-refractivity contribution in [1.29, 1.82) is 0 Å². The maximum absolute atomic E-state index is 14.5. The Hall–Kier alpha value is -3.46. The van der Waals surface area contributed by atoms with Crippen LogP contribution in [0.1, 0.15) is 81.6 Å². The summed E-state index contributed by atoms with van der Waals surface area (Å²) in [5, 5.41) is 12.7. The van der Waals surface area contributed by atoms with E-state index in [1.807, 2.05) is 44.5 Å². The van der Waals surface area contributed by atoms with Gasteiger partial charge in [-0.1, -0.05) is 0 Å². The maximum Gasteiger partial charge on any atom is 0.404 e. The van der Waals surface area contributed by atoms with E-state index < -0.39 is 11.9 Å². The Morgan fingerprint density at radius 2 is 1.80 bits per heavy atom. The van der Waals surface area contributed by atoms with Gasteiger partial charge in [0.2, 0.25) is 0 Å². The number of nitrogens with one attached hydrogen (secondary N) is 1. The van der Waals surface area contributed by atoms with E-state index in [1.54, 1.807) is 17.2 Å². The first-order valence-electron chi connectivity index (χ1n) is 14.9. The molecule has 0 bridgehead atoms. The number of carboxylic acid groups (broad SMARTS) is 1. The minimum absolute atomic E-state index is 0.0188. The zero-order valence-electron chi connectivity index (χ0n) is 24.5. The Morgan fingerprint density at radius 3 is 2.46 bits per heavy atom. The van der Waals surface area contributed by atoms with E-state index in [9.17, 15) is 14.0 Å². The zero-order valence-corrected chi connectivity index (χ0v) is 24.5. The number of amides is 2. The number of carbonyl (C=O) groups is 2. The lowest BCUT2D eigenvalue weighted by Crippen LogP contribution is -2.45. The topological polar surface area (TPSA) is 90.7 Å². The second-order valence-corrected chi connectivity index (χ2v) is 12.3. The molecule has 41 heavy (non-hydrogen) atoms. The number of nitrogens with zero attached hydrogens (tertiary/aromatic N) is 4. The highest BCUT2D eigenvalue weighted by Crippen LogP contribution is 2.37. The summed E-state index contributed by atoms with van der Waals surface area (Å²) in [6.07, 6.45) is 9.96. The molecule has 2 aromatic heterocycles. The average molecular weight is 564 g/mol. The van der Waals surface area contributed by atoms with Crippen molar-refractivity contribution in [2.75, 3.05) is 19.6 Å². The molecule has 3 aromatic rings. The van der Waals surface area contributed by atoms with Gasteiger partial charge >= 0.3 is 6.09 Å². The highest BCUT2D eigenvalue weighted by atomic mass is 19.1. The van der Waals surface area contributed by atoms with Gasteiger partial charge in [-0.15, -0.1) is 0 Å². The molecule has 9 heteroatoms. The van der Waals surface area contributed by atoms with Crippen LogP contribution in [-0.4, -0.2) is 74.2 Å². The first-order chi connectivity index (χ1) is 19.6. The summed E-state index contributed by atoms with van der Waals surface area (Å²) >= 11 is 0. The van der Waals surface area contributed by atoms with Gasteiger partial charge in [-0.25, -0.2) is 9.18 Å². The molecule has 3 heterocycles. The molecule has 8 nitrogen and oxygen atoms in total. The Bertz CT molecular complexity index is 1380. The van der Waals surface area contributed by atoms with Crippen LogP contribution in [-0.2, 0) is 0 Å². The Labute approximate surface area is 241 Å². The summed E-state index contributed by atoms with van der Waals surface area (Å²) in [5.74, 6) is 0.415. The van der Waals surface area contributed by atoms with Crippen LogP contribution in [0.15, 0.2) is 42.9 Å². The number of hydrogen-bond donors (Lipinski definition) is 2. The molecular weight excluding hydrogens is 521 g/mol. The standard InChI is InChI=1S/C32H42FN5O3/c1-20(2)38(21(3)4)31(39)27-15-24(33)7-10-29(27)37-19-28(26-11-13-34-16-30(26)37)23-17-36(18-23)14-12-22-5-8-25(9-6-22)35-32(40)41/h7,10-11,13,15-16,19-23,25,35H,5-6,8-9,12,14,17-18H2,1-4H3,(H,40,41)/t22-,25-.